The van der Waals surface area contributed by atoms with Crippen molar-refractivity contribution in [2.24, 2.45) is 5.92 Å². The van der Waals surface area contributed by atoms with Gasteiger partial charge in [0, 0.05) is 36.7 Å². The number of carboxylic acids is 1. The molecular formula is C27H35F4N4NaO5. The zero-order chi connectivity index (χ0) is 29.6. The van der Waals surface area contributed by atoms with Crippen LogP contribution in [0.25, 0.3) is 5.69 Å². The fourth-order valence-electron chi connectivity index (χ4n) is 4.98. The first-order valence-corrected chi connectivity index (χ1v) is 13.3. The topological polar surface area (TPSA) is 140 Å². The van der Waals surface area contributed by atoms with Crippen LogP contribution in [0.1, 0.15) is 73.6 Å². The number of nitrogens with zero attached hydrogens (tertiary/aromatic N) is 2. The molecule has 2 aromatic rings. The number of aliphatic hydroxyl groups excluding tert-OH is 2. The second-order valence-electron chi connectivity index (χ2n) is 10.6. The molecule has 41 heavy (non-hydrogen) atoms. The van der Waals surface area contributed by atoms with E-state index in [0.29, 0.717) is 23.4 Å². The van der Waals surface area contributed by atoms with Crippen LogP contribution in [0.3, 0.4) is 0 Å². The van der Waals surface area contributed by atoms with Crippen LogP contribution in [0.5, 0.6) is 0 Å². The van der Waals surface area contributed by atoms with Crippen molar-refractivity contribution in [1.29, 1.82) is 0 Å². The zero-order valence-electron chi connectivity index (χ0n) is 23.4. The average molecular weight is 595 g/mol. The number of halogens is 4. The van der Waals surface area contributed by atoms with Crippen molar-refractivity contribution in [2.45, 2.75) is 82.7 Å². The maximum absolute atomic E-state index is 13.6. The summed E-state index contributed by atoms with van der Waals surface area (Å²) < 4.78 is 53.9. The van der Waals surface area contributed by atoms with Gasteiger partial charge in [-0.2, -0.15) is 18.3 Å². The Morgan fingerprint density at radius 3 is 2.37 bits per heavy atom. The quantitative estimate of drug-likeness (QED) is 0.182. The number of aromatic nitrogens is 2. The number of carbonyl (C=O) groups excluding carboxylic acids is 2. The summed E-state index contributed by atoms with van der Waals surface area (Å²) in [6, 6.07) is 3.90. The number of hydrogen-bond acceptors (Lipinski definition) is 7. The molecule has 0 saturated carbocycles. The second kappa shape index (κ2) is 15.4. The van der Waals surface area contributed by atoms with Gasteiger partial charge in [-0.15, -0.1) is 0 Å². The van der Waals surface area contributed by atoms with Gasteiger partial charge in [-0.25, -0.2) is 9.07 Å². The molecule has 0 bridgehead atoms. The van der Waals surface area contributed by atoms with Crippen molar-refractivity contribution >= 4 is 11.9 Å². The third kappa shape index (κ3) is 10.0. The van der Waals surface area contributed by atoms with Crippen molar-refractivity contribution in [3.8, 4) is 5.69 Å². The van der Waals surface area contributed by atoms with Gasteiger partial charge in [0.2, 0.25) is 0 Å². The molecule has 1 saturated heterocycles. The first-order chi connectivity index (χ1) is 18.8. The van der Waals surface area contributed by atoms with Crippen LogP contribution < -0.4 is 45.3 Å². The molecule has 0 spiro atoms. The Bertz CT molecular complexity index is 1150. The number of aliphatic hydroxyl groups is 2. The van der Waals surface area contributed by atoms with Gasteiger partial charge in [0.05, 0.1) is 17.9 Å². The van der Waals surface area contributed by atoms with E-state index >= 15 is 0 Å². The summed E-state index contributed by atoms with van der Waals surface area (Å²) in [5.41, 5.74) is 1.74. The van der Waals surface area contributed by atoms with Crippen molar-refractivity contribution < 1.29 is 72.0 Å². The summed E-state index contributed by atoms with van der Waals surface area (Å²) in [6.45, 7) is 3.98. The molecule has 1 amide bonds. The number of alkyl halides is 3. The molecule has 1 fully saturated rings. The summed E-state index contributed by atoms with van der Waals surface area (Å²) in [5, 5.41) is 40.8. The van der Waals surface area contributed by atoms with Gasteiger partial charge >= 0.3 is 35.7 Å². The fraction of sp³-hybridized carbons (Fsp3) is 0.593. The zero-order valence-corrected chi connectivity index (χ0v) is 25.4. The molecule has 1 aliphatic heterocycles. The van der Waals surface area contributed by atoms with Crippen LogP contribution in [0.15, 0.2) is 24.3 Å². The number of piperidine rings is 1. The van der Waals surface area contributed by atoms with Gasteiger partial charge in [0.15, 0.2) is 5.69 Å². The summed E-state index contributed by atoms with van der Waals surface area (Å²) in [5.74, 6) is -2.80. The fourth-order valence-corrected chi connectivity index (χ4v) is 4.98. The van der Waals surface area contributed by atoms with E-state index in [4.69, 9.17) is 0 Å². The van der Waals surface area contributed by atoms with E-state index in [2.05, 4.69) is 15.7 Å². The summed E-state index contributed by atoms with van der Waals surface area (Å²) >= 11 is 0. The van der Waals surface area contributed by atoms with E-state index in [1.165, 1.54) is 28.9 Å². The molecule has 2 unspecified atom stereocenters. The minimum atomic E-state index is -4.32. The molecule has 14 heteroatoms. The van der Waals surface area contributed by atoms with E-state index in [1.807, 2.05) is 13.8 Å². The van der Waals surface area contributed by atoms with Gasteiger partial charge in [0.25, 0.3) is 5.91 Å². The number of aliphatic carboxylic acids is 1. The number of benzene rings is 1. The first kappa shape index (κ1) is 35.2. The Hall–Kier alpha value is -2.03. The molecule has 9 nitrogen and oxygen atoms in total. The summed E-state index contributed by atoms with van der Waals surface area (Å²) in [7, 11) is 0. The summed E-state index contributed by atoms with van der Waals surface area (Å²) in [4.78, 5) is 24.0. The number of amides is 1. The van der Waals surface area contributed by atoms with Gasteiger partial charge < -0.3 is 30.7 Å². The van der Waals surface area contributed by atoms with Crippen LogP contribution in [0.2, 0.25) is 0 Å². The van der Waals surface area contributed by atoms with E-state index in [0.717, 1.165) is 0 Å². The van der Waals surface area contributed by atoms with Crippen LogP contribution in [0.4, 0.5) is 17.6 Å². The Morgan fingerprint density at radius 1 is 1.17 bits per heavy atom. The Morgan fingerprint density at radius 2 is 1.83 bits per heavy atom. The van der Waals surface area contributed by atoms with E-state index in [9.17, 15) is 42.5 Å². The molecule has 4 atom stereocenters. The third-order valence-corrected chi connectivity index (χ3v) is 7.01. The molecule has 0 aliphatic carbocycles. The molecule has 3 rings (SSSR count). The molecule has 1 aliphatic rings. The predicted octanol–water partition coefficient (Wildman–Crippen LogP) is -1.02. The number of carboxylic acid groups (broad SMARTS) is 1. The molecule has 4 N–H and O–H groups in total. The largest absolute Gasteiger partial charge is 1.00 e. The Balaban J connectivity index is 0.00000588. The molecule has 2 heterocycles. The first-order valence-electron chi connectivity index (χ1n) is 13.3. The Labute approximate surface area is 258 Å². The number of carbonyl (C=O) groups is 2. The molecule has 1 aromatic carbocycles. The SMILES string of the molecule is CC(C)c1c(C(=O)NCC2CCC(C(F)(F)F)NC2)nn(-c2ccc(F)cc2)c1CC[C@@H](O)C[C@@H](O)CC(=O)[O-].[Na+]. The van der Waals surface area contributed by atoms with Crippen LogP contribution in [-0.4, -0.2) is 69.4 Å². The van der Waals surface area contributed by atoms with Crippen LogP contribution >= 0.6 is 0 Å². The smallest absolute Gasteiger partial charge is 0.550 e. The van der Waals surface area contributed by atoms with Crippen LogP contribution in [0, 0.1) is 11.7 Å². The van der Waals surface area contributed by atoms with Gasteiger partial charge in [-0.3, -0.25) is 4.79 Å². The maximum atomic E-state index is 13.6. The number of nitrogens with one attached hydrogen (secondary N) is 2. The molecule has 0 radical (unpaired) electrons. The van der Waals surface area contributed by atoms with E-state index < -0.39 is 48.5 Å². The third-order valence-electron chi connectivity index (χ3n) is 7.01. The normalized spacial score (nSPS) is 19.0. The number of hydrogen-bond donors (Lipinski definition) is 4. The minimum absolute atomic E-state index is 0. The minimum Gasteiger partial charge on any atom is -0.550 e. The van der Waals surface area contributed by atoms with Crippen molar-refractivity contribution in [1.82, 2.24) is 20.4 Å². The number of rotatable bonds is 12. The van der Waals surface area contributed by atoms with Crippen LogP contribution in [-0.2, 0) is 11.2 Å². The predicted molar refractivity (Wildman–Crippen MR) is 135 cm³/mol. The molecule has 222 valence electrons. The standard InChI is InChI=1S/C27H36F4N4O5.Na/c1-15(2)24-21(9-8-19(36)11-20(37)12-23(38)39)35(18-6-4-17(28)5-7-18)34-25(24)26(40)33-14-16-3-10-22(32-13-16)27(29,30)31;/h4-7,15-16,19-20,22,32,36-37H,3,8-14H2,1-2H3,(H,33,40)(H,38,39);/q;+1/p-1/t16?,19-,20-,22?;/m1./s1. The molecule has 1 aromatic heterocycles. The monoisotopic (exact) mass is 594 g/mol. The van der Waals surface area contributed by atoms with Crippen molar-refractivity contribution in [3.05, 3.63) is 47.0 Å². The van der Waals surface area contributed by atoms with Gasteiger partial charge in [-0.05, 0) is 68.2 Å². The maximum Gasteiger partial charge on any atom is 1.00 e. The second-order valence-corrected chi connectivity index (χ2v) is 10.6. The van der Waals surface area contributed by atoms with E-state index in [1.54, 1.807) is 0 Å². The summed E-state index contributed by atoms with van der Waals surface area (Å²) in [6.07, 6.45) is -6.91. The molecular weight excluding hydrogens is 559 g/mol. The van der Waals surface area contributed by atoms with Gasteiger partial charge in [0.1, 0.15) is 11.9 Å². The van der Waals surface area contributed by atoms with Gasteiger partial charge in [-0.1, -0.05) is 13.8 Å². The Kier molecular flexibility index (Phi) is 13.2. The van der Waals surface area contributed by atoms with E-state index in [-0.39, 0.29) is 85.9 Å². The van der Waals surface area contributed by atoms with Crippen molar-refractivity contribution in [3.63, 3.8) is 0 Å². The average Bonchev–Trinajstić information content (AvgIpc) is 3.25. The van der Waals surface area contributed by atoms with Crippen molar-refractivity contribution in [2.75, 3.05) is 13.1 Å².